The quantitative estimate of drug-likeness (QED) is 0.0124. The molecule has 0 aromatic heterocycles. The van der Waals surface area contributed by atoms with Crippen molar-refractivity contribution in [3.63, 3.8) is 0 Å². The predicted octanol–water partition coefficient (Wildman–Crippen LogP) is -3.20. The van der Waals surface area contributed by atoms with Crippen molar-refractivity contribution in [2.24, 2.45) is 0 Å². The summed E-state index contributed by atoms with van der Waals surface area (Å²) >= 11 is 0. The maximum atomic E-state index is 13.0. The third kappa shape index (κ3) is 52.2. The molecule has 80 heavy (non-hydrogen) atoms. The van der Waals surface area contributed by atoms with Crippen LogP contribution in [0.2, 0.25) is 0 Å². The van der Waals surface area contributed by atoms with E-state index in [2.05, 4.69) is 19.1 Å². The Morgan fingerprint density at radius 3 is 1.14 bits per heavy atom. The molecule has 0 saturated heterocycles. The molecule has 0 amide bonds. The molecule has 0 heterocycles. The molecule has 0 bridgehead atoms. The van der Waals surface area contributed by atoms with Gasteiger partial charge in [-0.25, -0.2) is 0 Å². The molecule has 0 aliphatic heterocycles. The van der Waals surface area contributed by atoms with Crippen LogP contribution in [0.15, 0.2) is 12.2 Å². The summed E-state index contributed by atoms with van der Waals surface area (Å²) in [6.07, 6.45) is 8.06. The Morgan fingerprint density at radius 1 is 0.400 bits per heavy atom. The van der Waals surface area contributed by atoms with Gasteiger partial charge in [-0.1, -0.05) is 70.4 Å². The van der Waals surface area contributed by atoms with Crippen LogP contribution in [0.3, 0.4) is 0 Å². The number of unbranched alkanes of at least 4 members (excludes halogenated alkanes) is 11. The second kappa shape index (κ2) is 55.5. The highest BCUT2D eigenvalue weighted by Crippen LogP contribution is 2.13. The lowest BCUT2D eigenvalue weighted by Crippen LogP contribution is -3.00. The molecule has 0 saturated carbocycles. The van der Waals surface area contributed by atoms with Gasteiger partial charge in [0.25, 0.3) is 0 Å². The molecule has 0 radical (unpaired) electrons. The van der Waals surface area contributed by atoms with Crippen molar-refractivity contribution in [3.05, 3.63) is 12.2 Å². The molecule has 0 spiro atoms. The molecule has 0 aromatic carbocycles. The van der Waals surface area contributed by atoms with Crippen molar-refractivity contribution in [1.29, 1.82) is 0 Å². The van der Waals surface area contributed by atoms with Gasteiger partial charge in [-0.2, -0.15) is 0 Å². The minimum atomic E-state index is -1.18. The standard InChI is InChI=1S/C55H110NO23.ClH/c1-5-7-8-9-10-11-12-13-14-15-16-17-18-19-20-21-55(68)78-43-54(42-73-29-47(63)25-59)79-53(40-75-35-50(66)33-72-32-48(64)30-70-27-45(61)23-57)41-76-39-52(38-74-34-49(65)31-71-28-46(62)24-58)77-37-51(67)36-69-26-44(60)22-56(3,4)6-2;/h13-14,44-54,57-67H,5-12,15-43H2,1-4H3;1H/q+1;/p-1/b14-13-;. The average Bonchev–Trinajstić information content (AvgIpc) is 3.41. The van der Waals surface area contributed by atoms with Gasteiger partial charge in [0.15, 0.2) is 0 Å². The summed E-state index contributed by atoms with van der Waals surface area (Å²) in [6.45, 7) is 0.635. The Balaban J connectivity index is 0. The highest BCUT2D eigenvalue weighted by atomic mass is 35.5. The third-order valence-corrected chi connectivity index (χ3v) is 12.1. The second-order valence-electron chi connectivity index (χ2n) is 20.9. The van der Waals surface area contributed by atoms with Gasteiger partial charge < -0.3 is 125 Å². The van der Waals surface area contributed by atoms with Gasteiger partial charge >= 0.3 is 5.97 Å². The average molecular weight is 1190 g/mol. The van der Waals surface area contributed by atoms with Crippen LogP contribution in [-0.4, -0.2) is 300 Å². The first-order chi connectivity index (χ1) is 38.0. The molecule has 25 heteroatoms. The van der Waals surface area contributed by atoms with Crippen molar-refractivity contribution in [3.8, 4) is 0 Å². The Kier molecular flexibility index (Phi) is 56.0. The highest BCUT2D eigenvalue weighted by Gasteiger charge is 2.24. The van der Waals surface area contributed by atoms with Gasteiger partial charge in [0, 0.05) is 6.42 Å². The van der Waals surface area contributed by atoms with Crippen LogP contribution in [0.4, 0.5) is 0 Å². The zero-order valence-electron chi connectivity index (χ0n) is 48.8. The number of esters is 1. The van der Waals surface area contributed by atoms with Crippen LogP contribution < -0.4 is 12.4 Å². The van der Waals surface area contributed by atoms with Crippen molar-refractivity contribution >= 4 is 5.97 Å². The number of aliphatic hydroxyl groups is 11. The normalized spacial score (nSPS) is 16.4. The fourth-order valence-electron chi connectivity index (χ4n) is 7.32. The number of nitrogens with zero attached hydrogens (tertiary/aromatic N) is 1. The molecule has 480 valence electrons. The van der Waals surface area contributed by atoms with Crippen LogP contribution in [0.1, 0.15) is 104 Å². The topological polar surface area (TPSA) is 341 Å². The number of hydrogen-bond acceptors (Lipinski definition) is 23. The zero-order valence-corrected chi connectivity index (χ0v) is 49.6. The number of likely N-dealkylation sites (N-methyl/N-ethyl adjacent to an activating group) is 1. The van der Waals surface area contributed by atoms with E-state index in [0.29, 0.717) is 17.4 Å². The van der Waals surface area contributed by atoms with Crippen molar-refractivity contribution in [1.82, 2.24) is 0 Å². The van der Waals surface area contributed by atoms with Crippen LogP contribution in [0, 0.1) is 0 Å². The molecule has 11 N–H and O–H groups in total. The van der Waals surface area contributed by atoms with Crippen molar-refractivity contribution in [2.45, 2.75) is 171 Å². The summed E-state index contributed by atoms with van der Waals surface area (Å²) in [5, 5.41) is 109. The first-order valence-electron chi connectivity index (χ1n) is 28.8. The highest BCUT2D eigenvalue weighted by molar-refractivity contribution is 5.69. The van der Waals surface area contributed by atoms with Crippen molar-refractivity contribution in [2.75, 3.05) is 166 Å². The first-order valence-corrected chi connectivity index (χ1v) is 28.8. The number of rotatable bonds is 60. The Bertz CT molecular complexity index is 1370. The fraction of sp³-hybridized carbons (Fsp3) is 0.945. The number of allylic oxidation sites excluding steroid dienone is 2. The van der Waals surface area contributed by atoms with Crippen LogP contribution in [-0.2, 0) is 56.9 Å². The van der Waals surface area contributed by atoms with E-state index in [0.717, 1.165) is 45.1 Å². The van der Waals surface area contributed by atoms with Gasteiger partial charge in [0.2, 0.25) is 0 Å². The Hall–Kier alpha value is -1.38. The van der Waals surface area contributed by atoms with E-state index < -0.39 is 92.9 Å². The Labute approximate surface area is 483 Å². The van der Waals surface area contributed by atoms with E-state index in [4.69, 9.17) is 62.3 Å². The molecule has 0 rings (SSSR count). The second-order valence-corrected chi connectivity index (χ2v) is 20.9. The Morgan fingerprint density at radius 2 is 0.725 bits per heavy atom. The molecule has 0 aliphatic carbocycles. The predicted molar refractivity (Wildman–Crippen MR) is 292 cm³/mol. The van der Waals surface area contributed by atoms with E-state index in [1.165, 1.54) is 38.5 Å². The minimum Gasteiger partial charge on any atom is -1.00 e. The smallest absolute Gasteiger partial charge is 0.305 e. The number of quaternary nitrogens is 1. The largest absolute Gasteiger partial charge is 1.00 e. The molecular weight excluding hydrogens is 1080 g/mol. The lowest BCUT2D eigenvalue weighted by molar-refractivity contribution is -0.891. The van der Waals surface area contributed by atoms with Gasteiger partial charge in [0.05, 0.1) is 153 Å². The van der Waals surface area contributed by atoms with Crippen LogP contribution >= 0.6 is 0 Å². The summed E-state index contributed by atoms with van der Waals surface area (Å²) in [4.78, 5) is 13.0. The number of aliphatic hydroxyl groups excluding tert-OH is 11. The fourth-order valence-corrected chi connectivity index (χ4v) is 7.32. The maximum Gasteiger partial charge on any atom is 0.305 e. The summed E-state index contributed by atoms with van der Waals surface area (Å²) in [5.74, 6) is -0.434. The van der Waals surface area contributed by atoms with E-state index in [1.54, 1.807) is 0 Å². The number of ether oxygens (including phenoxy) is 11. The molecule has 24 nitrogen and oxygen atoms in total. The summed E-state index contributed by atoms with van der Waals surface area (Å²) in [7, 11) is 3.97. The maximum absolute atomic E-state index is 13.0. The third-order valence-electron chi connectivity index (χ3n) is 12.1. The molecule has 11 atom stereocenters. The number of carbonyl (C=O) groups excluding carboxylic acids is 1. The van der Waals surface area contributed by atoms with E-state index in [-0.39, 0.29) is 138 Å². The molecule has 0 aromatic rings. The number of halogens is 1. The van der Waals surface area contributed by atoms with Crippen LogP contribution in [0.25, 0.3) is 0 Å². The lowest BCUT2D eigenvalue weighted by atomic mass is 10.1. The molecular formula is C55H110ClNO23. The van der Waals surface area contributed by atoms with Gasteiger partial charge in [-0.05, 0) is 39.0 Å². The van der Waals surface area contributed by atoms with Gasteiger partial charge in [-0.15, -0.1) is 0 Å². The van der Waals surface area contributed by atoms with E-state index >= 15 is 0 Å². The number of carbonyl (C=O) groups is 1. The summed E-state index contributed by atoms with van der Waals surface area (Å²) < 4.78 is 63.1. The summed E-state index contributed by atoms with van der Waals surface area (Å²) in [5.41, 5.74) is 0. The lowest BCUT2D eigenvalue weighted by Gasteiger charge is -2.30. The summed E-state index contributed by atoms with van der Waals surface area (Å²) in [6, 6.07) is 0. The SMILES string of the molecule is CCCCCCCC/C=C\CCCCCCCC(=O)OCC(COCC(O)CO)OC(COCC(O)COCC(O)COCC(O)CO)COCC(COCC(O)COCC(O)CO)OCC(O)COCC(O)C[N+](C)(C)CC.[Cl-]. The first kappa shape index (κ1) is 80.7. The molecule has 11 unspecified atom stereocenters. The van der Waals surface area contributed by atoms with Gasteiger partial charge in [-0.3, -0.25) is 4.79 Å². The molecule has 0 fully saturated rings. The minimum absolute atomic E-state index is 0. The van der Waals surface area contributed by atoms with E-state index in [9.17, 15) is 50.8 Å². The van der Waals surface area contributed by atoms with Gasteiger partial charge in [0.1, 0.15) is 80.3 Å². The van der Waals surface area contributed by atoms with Crippen molar-refractivity contribution < 1.29 is 130 Å². The monoisotopic (exact) mass is 1190 g/mol. The molecule has 0 aliphatic rings. The van der Waals surface area contributed by atoms with E-state index in [1.807, 2.05) is 21.0 Å². The number of hydrogen-bond donors (Lipinski definition) is 11. The van der Waals surface area contributed by atoms with Crippen LogP contribution in [0.5, 0.6) is 0 Å². The zero-order chi connectivity index (χ0) is 58.8.